The molecule has 126 valence electrons. The van der Waals surface area contributed by atoms with Gasteiger partial charge in [-0.3, -0.25) is 9.59 Å². The second-order valence-electron chi connectivity index (χ2n) is 6.19. The number of ether oxygens (including phenoxy) is 1. The monoisotopic (exact) mass is 318 g/mol. The second kappa shape index (κ2) is 8.11. The number of carbonyl (C=O) groups is 2. The number of amides is 2. The van der Waals surface area contributed by atoms with Crippen LogP contribution < -0.4 is 5.32 Å². The van der Waals surface area contributed by atoms with Crippen molar-refractivity contribution >= 4 is 17.5 Å². The molecule has 0 aliphatic carbocycles. The fourth-order valence-corrected chi connectivity index (χ4v) is 2.66. The van der Waals surface area contributed by atoms with Gasteiger partial charge in [0.1, 0.15) is 0 Å². The summed E-state index contributed by atoms with van der Waals surface area (Å²) in [5, 5.41) is 2.83. The summed E-state index contributed by atoms with van der Waals surface area (Å²) in [7, 11) is 0. The third-order valence-corrected chi connectivity index (χ3v) is 3.99. The Bertz CT molecular complexity index is 538. The van der Waals surface area contributed by atoms with Crippen molar-refractivity contribution in [3.05, 3.63) is 29.8 Å². The van der Waals surface area contributed by atoms with Crippen LogP contribution in [-0.4, -0.2) is 42.5 Å². The number of benzene rings is 1. The van der Waals surface area contributed by atoms with E-state index in [9.17, 15) is 9.59 Å². The van der Waals surface area contributed by atoms with Crippen LogP contribution in [0, 0.1) is 5.92 Å². The molecule has 1 aromatic rings. The summed E-state index contributed by atoms with van der Waals surface area (Å²) in [6, 6.07) is 7.08. The molecule has 5 nitrogen and oxygen atoms in total. The highest BCUT2D eigenvalue weighted by atomic mass is 16.5. The number of piperidine rings is 1. The molecule has 1 saturated heterocycles. The lowest BCUT2D eigenvalue weighted by atomic mass is 10.1. The zero-order valence-corrected chi connectivity index (χ0v) is 14.2. The third kappa shape index (κ3) is 4.79. The average Bonchev–Trinajstić information content (AvgIpc) is 2.55. The van der Waals surface area contributed by atoms with E-state index in [1.165, 1.54) is 0 Å². The molecule has 0 radical (unpaired) electrons. The maximum atomic E-state index is 12.6. The molecule has 1 fully saturated rings. The van der Waals surface area contributed by atoms with Crippen molar-refractivity contribution in [3.63, 3.8) is 0 Å². The first kappa shape index (κ1) is 17.5. The molecule has 1 heterocycles. The summed E-state index contributed by atoms with van der Waals surface area (Å²) < 4.78 is 5.64. The molecule has 0 saturated carbocycles. The summed E-state index contributed by atoms with van der Waals surface area (Å²) in [6.45, 7) is 7.77. The van der Waals surface area contributed by atoms with E-state index < -0.39 is 0 Å². The van der Waals surface area contributed by atoms with E-state index in [0.717, 1.165) is 19.4 Å². The van der Waals surface area contributed by atoms with Gasteiger partial charge in [-0.1, -0.05) is 13.8 Å². The van der Waals surface area contributed by atoms with Gasteiger partial charge in [0, 0.05) is 36.9 Å². The van der Waals surface area contributed by atoms with Gasteiger partial charge in [-0.15, -0.1) is 0 Å². The first-order valence-corrected chi connectivity index (χ1v) is 8.33. The van der Waals surface area contributed by atoms with Crippen LogP contribution in [0.1, 0.15) is 44.0 Å². The van der Waals surface area contributed by atoms with Gasteiger partial charge in [-0.05, 0) is 44.0 Å². The third-order valence-electron chi connectivity index (χ3n) is 3.99. The minimum absolute atomic E-state index is 0.0242. The molecule has 1 aliphatic rings. The van der Waals surface area contributed by atoms with Crippen LogP contribution in [0.5, 0.6) is 0 Å². The van der Waals surface area contributed by atoms with Gasteiger partial charge in [0.15, 0.2) is 0 Å². The van der Waals surface area contributed by atoms with Crippen LogP contribution in [0.4, 0.5) is 5.69 Å². The fourth-order valence-electron chi connectivity index (χ4n) is 2.66. The number of nitrogens with zero attached hydrogens (tertiary/aromatic N) is 1. The molecular formula is C18H26N2O3. The Morgan fingerprint density at radius 3 is 2.61 bits per heavy atom. The minimum atomic E-state index is -0.0693. The van der Waals surface area contributed by atoms with E-state index in [0.29, 0.717) is 24.4 Å². The topological polar surface area (TPSA) is 58.6 Å². The van der Waals surface area contributed by atoms with Gasteiger partial charge >= 0.3 is 0 Å². The Hall–Kier alpha value is -1.88. The fraction of sp³-hybridized carbons (Fsp3) is 0.556. The molecule has 2 amide bonds. The summed E-state index contributed by atoms with van der Waals surface area (Å²) >= 11 is 0. The van der Waals surface area contributed by atoms with Crippen molar-refractivity contribution < 1.29 is 14.3 Å². The lowest BCUT2D eigenvalue weighted by Gasteiger charge is -2.32. The predicted molar refractivity (Wildman–Crippen MR) is 90.5 cm³/mol. The van der Waals surface area contributed by atoms with Gasteiger partial charge < -0.3 is 15.0 Å². The number of hydrogen-bond acceptors (Lipinski definition) is 3. The van der Waals surface area contributed by atoms with Gasteiger partial charge in [0.2, 0.25) is 5.91 Å². The van der Waals surface area contributed by atoms with Crippen LogP contribution in [0.3, 0.4) is 0 Å². The molecular weight excluding hydrogens is 292 g/mol. The largest absolute Gasteiger partial charge is 0.377 e. The Balaban J connectivity index is 1.98. The van der Waals surface area contributed by atoms with Crippen molar-refractivity contribution in [1.29, 1.82) is 0 Å². The molecule has 1 unspecified atom stereocenters. The maximum absolute atomic E-state index is 12.6. The van der Waals surface area contributed by atoms with Gasteiger partial charge in [0.25, 0.3) is 5.91 Å². The van der Waals surface area contributed by atoms with E-state index >= 15 is 0 Å². The summed E-state index contributed by atoms with van der Waals surface area (Å²) in [5.74, 6) is -0.0732. The van der Waals surface area contributed by atoms with Gasteiger partial charge in [0.05, 0.1) is 6.10 Å². The highest BCUT2D eigenvalue weighted by molar-refractivity contribution is 5.96. The molecule has 1 aromatic carbocycles. The van der Waals surface area contributed by atoms with E-state index in [2.05, 4.69) is 5.32 Å². The van der Waals surface area contributed by atoms with Crippen molar-refractivity contribution in [2.24, 2.45) is 5.92 Å². The van der Waals surface area contributed by atoms with E-state index in [1.54, 1.807) is 24.3 Å². The van der Waals surface area contributed by atoms with Crippen LogP contribution in [-0.2, 0) is 9.53 Å². The average molecular weight is 318 g/mol. The first-order valence-electron chi connectivity index (χ1n) is 8.33. The second-order valence-corrected chi connectivity index (χ2v) is 6.19. The van der Waals surface area contributed by atoms with E-state index in [4.69, 9.17) is 4.74 Å². The number of nitrogens with one attached hydrogen (secondary N) is 1. The number of rotatable bonds is 5. The van der Waals surface area contributed by atoms with Crippen LogP contribution in [0.25, 0.3) is 0 Å². The Morgan fingerprint density at radius 1 is 1.30 bits per heavy atom. The lowest BCUT2D eigenvalue weighted by molar-refractivity contribution is -0.118. The lowest BCUT2D eigenvalue weighted by Crippen LogP contribution is -2.43. The highest BCUT2D eigenvalue weighted by Gasteiger charge is 2.24. The van der Waals surface area contributed by atoms with Crippen molar-refractivity contribution in [3.8, 4) is 0 Å². The molecule has 1 aliphatic heterocycles. The van der Waals surface area contributed by atoms with E-state index in [-0.39, 0.29) is 23.8 Å². The van der Waals surface area contributed by atoms with Gasteiger partial charge in [-0.25, -0.2) is 0 Å². The SMILES string of the molecule is CCOC1CCCN(C(=O)c2ccc(NC(=O)C(C)C)cc2)C1. The number of hydrogen-bond donors (Lipinski definition) is 1. The summed E-state index contributed by atoms with van der Waals surface area (Å²) in [5.41, 5.74) is 1.36. The Morgan fingerprint density at radius 2 is 2.00 bits per heavy atom. The normalized spacial score (nSPS) is 18.1. The van der Waals surface area contributed by atoms with Crippen LogP contribution in [0.15, 0.2) is 24.3 Å². The molecule has 0 spiro atoms. The zero-order chi connectivity index (χ0) is 16.8. The van der Waals surface area contributed by atoms with Crippen molar-refractivity contribution in [2.75, 3.05) is 25.0 Å². The van der Waals surface area contributed by atoms with Crippen LogP contribution >= 0.6 is 0 Å². The number of likely N-dealkylation sites (tertiary alicyclic amines) is 1. The number of anilines is 1. The molecule has 2 rings (SSSR count). The van der Waals surface area contributed by atoms with Crippen molar-refractivity contribution in [1.82, 2.24) is 4.90 Å². The van der Waals surface area contributed by atoms with Crippen LogP contribution in [0.2, 0.25) is 0 Å². The first-order chi connectivity index (χ1) is 11.0. The Kier molecular flexibility index (Phi) is 6.16. The van der Waals surface area contributed by atoms with Gasteiger partial charge in [-0.2, -0.15) is 0 Å². The molecule has 0 bridgehead atoms. The standard InChI is InChI=1S/C18H26N2O3/c1-4-23-16-6-5-11-20(12-16)18(22)14-7-9-15(10-8-14)19-17(21)13(2)3/h7-10,13,16H,4-6,11-12H2,1-3H3,(H,19,21). The highest BCUT2D eigenvalue weighted by Crippen LogP contribution is 2.18. The van der Waals surface area contributed by atoms with Crippen molar-refractivity contribution in [2.45, 2.75) is 39.7 Å². The zero-order valence-electron chi connectivity index (χ0n) is 14.2. The predicted octanol–water partition coefficient (Wildman–Crippen LogP) is 2.92. The van der Waals surface area contributed by atoms with E-state index in [1.807, 2.05) is 25.7 Å². The smallest absolute Gasteiger partial charge is 0.253 e. The summed E-state index contributed by atoms with van der Waals surface area (Å²) in [6.07, 6.45) is 2.12. The Labute approximate surface area is 138 Å². The molecule has 0 aromatic heterocycles. The number of carbonyl (C=O) groups excluding carboxylic acids is 2. The molecule has 5 heteroatoms. The molecule has 1 N–H and O–H groups in total. The molecule has 23 heavy (non-hydrogen) atoms. The minimum Gasteiger partial charge on any atom is -0.377 e. The summed E-state index contributed by atoms with van der Waals surface area (Å²) in [4.78, 5) is 26.1. The maximum Gasteiger partial charge on any atom is 0.253 e. The quantitative estimate of drug-likeness (QED) is 0.908. The molecule has 1 atom stereocenters.